The van der Waals surface area contributed by atoms with Gasteiger partial charge in [0.15, 0.2) is 0 Å². The summed E-state index contributed by atoms with van der Waals surface area (Å²) in [6, 6.07) is 9.47. The predicted molar refractivity (Wildman–Crippen MR) is 62.9 cm³/mol. The molecular weight excluding hydrogens is 202 g/mol. The van der Waals surface area contributed by atoms with Gasteiger partial charge in [-0.3, -0.25) is 4.98 Å². The molecule has 3 nitrogen and oxygen atoms in total. The zero-order valence-electron chi connectivity index (χ0n) is 8.74. The van der Waals surface area contributed by atoms with Gasteiger partial charge in [-0.15, -0.1) is 6.58 Å². The number of aliphatic hydroxyl groups is 2. The predicted octanol–water partition coefficient (Wildman–Crippen LogP) is 1.82. The molecule has 16 heavy (non-hydrogen) atoms. The van der Waals surface area contributed by atoms with E-state index in [4.69, 9.17) is 0 Å². The highest BCUT2D eigenvalue weighted by Crippen LogP contribution is 2.24. The van der Waals surface area contributed by atoms with Crippen LogP contribution in [0.15, 0.2) is 49.2 Å². The Kier molecular flexibility index (Phi) is 2.99. The third-order valence-electron chi connectivity index (χ3n) is 2.55. The highest BCUT2D eigenvalue weighted by atomic mass is 16.3. The zero-order valence-corrected chi connectivity index (χ0v) is 8.74. The van der Waals surface area contributed by atoms with E-state index in [1.165, 1.54) is 6.08 Å². The van der Waals surface area contributed by atoms with Gasteiger partial charge in [-0.1, -0.05) is 30.3 Å². The van der Waals surface area contributed by atoms with Gasteiger partial charge < -0.3 is 10.2 Å². The maximum Gasteiger partial charge on any atom is 0.126 e. The van der Waals surface area contributed by atoms with Crippen molar-refractivity contribution in [1.82, 2.24) is 4.98 Å². The van der Waals surface area contributed by atoms with E-state index >= 15 is 0 Å². The van der Waals surface area contributed by atoms with Crippen LogP contribution in [0.2, 0.25) is 0 Å². The van der Waals surface area contributed by atoms with Crippen LogP contribution < -0.4 is 0 Å². The lowest BCUT2D eigenvalue weighted by atomic mass is 10.0. The number of fused-ring (bicyclic) bond motifs is 1. The fraction of sp³-hybridized carbons (Fsp3) is 0.154. The number of aromatic nitrogens is 1. The minimum Gasteiger partial charge on any atom is -0.386 e. The van der Waals surface area contributed by atoms with E-state index in [9.17, 15) is 10.2 Å². The molecule has 1 aromatic heterocycles. The molecule has 0 saturated carbocycles. The summed E-state index contributed by atoms with van der Waals surface area (Å²) in [5, 5.41) is 21.3. The zero-order chi connectivity index (χ0) is 11.5. The van der Waals surface area contributed by atoms with Crippen molar-refractivity contribution in [2.45, 2.75) is 12.2 Å². The maximum absolute atomic E-state index is 9.90. The van der Waals surface area contributed by atoms with Crippen molar-refractivity contribution < 1.29 is 10.2 Å². The second kappa shape index (κ2) is 4.43. The molecule has 0 radical (unpaired) electrons. The quantitative estimate of drug-likeness (QED) is 0.768. The van der Waals surface area contributed by atoms with Crippen LogP contribution in [0.25, 0.3) is 10.8 Å². The number of pyridine rings is 1. The molecule has 0 aliphatic heterocycles. The fourth-order valence-electron chi connectivity index (χ4n) is 1.67. The Morgan fingerprint density at radius 3 is 2.69 bits per heavy atom. The molecule has 0 amide bonds. The Morgan fingerprint density at radius 1 is 1.19 bits per heavy atom. The van der Waals surface area contributed by atoms with Crippen molar-refractivity contribution in [2.75, 3.05) is 0 Å². The van der Waals surface area contributed by atoms with Crippen LogP contribution in [0.1, 0.15) is 11.8 Å². The first kappa shape index (κ1) is 10.8. The number of benzene rings is 1. The maximum atomic E-state index is 9.90. The Hall–Kier alpha value is -1.71. The summed E-state index contributed by atoms with van der Waals surface area (Å²) in [7, 11) is 0. The largest absolute Gasteiger partial charge is 0.386 e. The molecule has 0 fully saturated rings. The highest BCUT2D eigenvalue weighted by Gasteiger charge is 2.18. The van der Waals surface area contributed by atoms with E-state index in [-0.39, 0.29) is 0 Å². The van der Waals surface area contributed by atoms with Gasteiger partial charge in [0.1, 0.15) is 12.2 Å². The molecular formula is C13H13NO2. The molecule has 3 heteroatoms. The van der Waals surface area contributed by atoms with Crippen LogP contribution in [-0.2, 0) is 0 Å². The molecule has 2 rings (SSSR count). The van der Waals surface area contributed by atoms with Crippen LogP contribution >= 0.6 is 0 Å². The summed E-state index contributed by atoms with van der Waals surface area (Å²) in [5.74, 6) is 0. The molecule has 0 aliphatic carbocycles. The highest BCUT2D eigenvalue weighted by molar-refractivity contribution is 5.84. The molecule has 2 N–H and O–H groups in total. The number of aliphatic hydroxyl groups excluding tert-OH is 2. The van der Waals surface area contributed by atoms with Crippen molar-refractivity contribution >= 4 is 10.8 Å². The lowest BCUT2D eigenvalue weighted by Crippen LogP contribution is -2.16. The first-order valence-corrected chi connectivity index (χ1v) is 5.06. The van der Waals surface area contributed by atoms with Gasteiger partial charge in [0.05, 0.1) is 5.69 Å². The summed E-state index contributed by atoms with van der Waals surface area (Å²) in [6.07, 6.45) is 0.882. The molecule has 2 atom stereocenters. The Labute approximate surface area is 93.7 Å². The van der Waals surface area contributed by atoms with Crippen molar-refractivity contribution in [2.24, 2.45) is 0 Å². The summed E-state index contributed by atoms with van der Waals surface area (Å²) < 4.78 is 0. The molecule has 82 valence electrons. The second-order valence-electron chi connectivity index (χ2n) is 3.59. The lowest BCUT2D eigenvalue weighted by Gasteiger charge is -2.15. The molecule has 0 bridgehead atoms. The van der Waals surface area contributed by atoms with Gasteiger partial charge in [-0.05, 0) is 11.5 Å². The number of hydrogen-bond acceptors (Lipinski definition) is 3. The van der Waals surface area contributed by atoms with Crippen LogP contribution in [0.4, 0.5) is 0 Å². The Balaban J connectivity index is 2.56. The van der Waals surface area contributed by atoms with Gasteiger partial charge >= 0.3 is 0 Å². The normalized spacial score (nSPS) is 14.6. The lowest BCUT2D eigenvalue weighted by molar-refractivity contribution is 0.0467. The topological polar surface area (TPSA) is 53.4 Å². The first-order valence-electron chi connectivity index (χ1n) is 5.06. The van der Waals surface area contributed by atoms with Gasteiger partial charge in [0.25, 0.3) is 0 Å². The minimum atomic E-state index is -1.04. The number of rotatable bonds is 3. The summed E-state index contributed by atoms with van der Waals surface area (Å²) >= 11 is 0. The van der Waals surface area contributed by atoms with Gasteiger partial charge in [-0.2, -0.15) is 0 Å². The summed E-state index contributed by atoms with van der Waals surface area (Å²) in [4.78, 5) is 4.12. The third-order valence-corrected chi connectivity index (χ3v) is 2.55. The van der Waals surface area contributed by atoms with E-state index in [1.807, 2.05) is 30.3 Å². The molecule has 2 aromatic rings. The van der Waals surface area contributed by atoms with E-state index in [0.717, 1.165) is 10.8 Å². The third kappa shape index (κ3) is 1.83. The van der Waals surface area contributed by atoms with Crippen molar-refractivity contribution in [3.63, 3.8) is 0 Å². The molecule has 1 aromatic carbocycles. The Bertz CT molecular complexity index is 505. The smallest absolute Gasteiger partial charge is 0.126 e. The van der Waals surface area contributed by atoms with E-state index in [1.54, 1.807) is 6.20 Å². The Morgan fingerprint density at radius 2 is 1.94 bits per heavy atom. The van der Waals surface area contributed by atoms with Crippen LogP contribution in [0, 0.1) is 0 Å². The SMILES string of the molecule is C=C[C@H](O)[C@@H](O)c1nccc2ccccc12. The fourth-order valence-corrected chi connectivity index (χ4v) is 1.67. The molecule has 0 unspecified atom stereocenters. The van der Waals surface area contributed by atoms with Crippen LogP contribution in [0.3, 0.4) is 0 Å². The van der Waals surface area contributed by atoms with Crippen molar-refractivity contribution in [3.05, 3.63) is 54.9 Å². The van der Waals surface area contributed by atoms with E-state index in [0.29, 0.717) is 5.69 Å². The van der Waals surface area contributed by atoms with E-state index < -0.39 is 12.2 Å². The minimum absolute atomic E-state index is 0.477. The average Bonchev–Trinajstić information content (AvgIpc) is 2.36. The summed E-state index contributed by atoms with van der Waals surface area (Å²) in [5.41, 5.74) is 0.477. The first-order chi connectivity index (χ1) is 7.74. The molecule has 0 aliphatic rings. The van der Waals surface area contributed by atoms with Crippen molar-refractivity contribution in [1.29, 1.82) is 0 Å². The standard InChI is InChI=1S/C13H13NO2/c1-2-11(15)13(16)12-10-6-4-3-5-9(10)7-8-14-12/h2-8,11,13,15-16H,1H2/t11-,13+/m0/s1. The van der Waals surface area contributed by atoms with Crippen molar-refractivity contribution in [3.8, 4) is 0 Å². The second-order valence-corrected chi connectivity index (χ2v) is 3.59. The monoisotopic (exact) mass is 215 g/mol. The average molecular weight is 215 g/mol. The molecule has 0 spiro atoms. The number of hydrogen-bond donors (Lipinski definition) is 2. The van der Waals surface area contributed by atoms with Gasteiger partial charge in [0.2, 0.25) is 0 Å². The summed E-state index contributed by atoms with van der Waals surface area (Å²) in [6.45, 7) is 3.45. The number of nitrogens with zero attached hydrogens (tertiary/aromatic N) is 1. The molecule has 1 heterocycles. The van der Waals surface area contributed by atoms with Crippen LogP contribution in [0.5, 0.6) is 0 Å². The van der Waals surface area contributed by atoms with Crippen LogP contribution in [-0.4, -0.2) is 21.3 Å². The van der Waals surface area contributed by atoms with E-state index in [2.05, 4.69) is 11.6 Å². The van der Waals surface area contributed by atoms with Gasteiger partial charge in [-0.25, -0.2) is 0 Å². The molecule has 0 saturated heterocycles. The van der Waals surface area contributed by atoms with Gasteiger partial charge in [0, 0.05) is 11.6 Å².